The van der Waals surface area contributed by atoms with Crippen molar-refractivity contribution in [3.8, 4) is 0 Å². The summed E-state index contributed by atoms with van der Waals surface area (Å²) in [5.41, 5.74) is 2.86. The molecule has 3 atom stereocenters. The fourth-order valence-corrected chi connectivity index (χ4v) is 4.74. The zero-order valence-corrected chi connectivity index (χ0v) is 14.8. The van der Waals surface area contributed by atoms with Crippen LogP contribution in [0.4, 0.5) is 0 Å². The third kappa shape index (κ3) is 5.43. The predicted octanol–water partition coefficient (Wildman–Crippen LogP) is 2.98. The van der Waals surface area contributed by atoms with E-state index < -0.39 is 27.4 Å². The summed E-state index contributed by atoms with van der Waals surface area (Å²) in [5.74, 6) is -0.0640. The second-order valence-electron chi connectivity index (χ2n) is 6.41. The maximum Gasteiger partial charge on any atom is 0.0469 e. The molecule has 122 valence electrons. The van der Waals surface area contributed by atoms with Crippen LogP contribution in [0.3, 0.4) is 0 Å². The summed E-state index contributed by atoms with van der Waals surface area (Å²) in [5, 5.41) is -0.559. The van der Waals surface area contributed by atoms with Gasteiger partial charge in [-0.25, -0.2) is 0 Å². The number of rotatable bonds is 6. The van der Waals surface area contributed by atoms with Gasteiger partial charge in [0.05, 0.1) is 0 Å². The van der Waals surface area contributed by atoms with E-state index >= 15 is 0 Å². The molecule has 0 fully saturated rings. The van der Waals surface area contributed by atoms with Gasteiger partial charge in [0, 0.05) is 11.0 Å². The third-order valence-corrected chi connectivity index (χ3v) is 5.48. The highest BCUT2D eigenvalue weighted by atomic mass is 32.2. The van der Waals surface area contributed by atoms with Gasteiger partial charge in [-0.15, -0.1) is 0 Å². The highest BCUT2D eigenvalue weighted by Gasteiger charge is 2.34. The normalized spacial score (nSPS) is 23.8. The van der Waals surface area contributed by atoms with E-state index in [1.165, 1.54) is 5.57 Å². The Labute approximate surface area is 132 Å². The highest BCUT2D eigenvalue weighted by Crippen LogP contribution is 2.44. The average Bonchev–Trinajstić information content (AvgIpc) is 2.33. The molecule has 0 spiro atoms. The van der Waals surface area contributed by atoms with Crippen LogP contribution in [0.2, 0.25) is 0 Å². The summed E-state index contributed by atoms with van der Waals surface area (Å²) in [7, 11) is 0. The van der Waals surface area contributed by atoms with Gasteiger partial charge in [-0.1, -0.05) is 47.7 Å². The van der Waals surface area contributed by atoms with E-state index in [9.17, 15) is 17.5 Å². The van der Waals surface area contributed by atoms with Gasteiger partial charge in [-0.05, 0) is 56.0 Å². The van der Waals surface area contributed by atoms with Crippen LogP contribution in [0.15, 0.2) is 22.8 Å². The summed E-state index contributed by atoms with van der Waals surface area (Å²) < 4.78 is 44.7. The van der Waals surface area contributed by atoms with Crippen LogP contribution in [0.25, 0.3) is 0 Å². The lowest BCUT2D eigenvalue weighted by Gasteiger charge is -2.40. The topological polar surface area (TPSA) is 80.3 Å². The van der Waals surface area contributed by atoms with Crippen LogP contribution in [0, 0.1) is 5.41 Å². The molecule has 0 N–H and O–H groups in total. The molecule has 0 bridgehead atoms. The summed E-state index contributed by atoms with van der Waals surface area (Å²) in [6.45, 7) is 7.99. The van der Waals surface area contributed by atoms with Gasteiger partial charge in [0.25, 0.3) is 0 Å². The first-order valence-corrected chi connectivity index (χ1v) is 9.53. The molecule has 21 heavy (non-hydrogen) atoms. The van der Waals surface area contributed by atoms with Crippen molar-refractivity contribution in [2.45, 2.75) is 58.6 Å². The molecule has 0 aromatic carbocycles. The van der Waals surface area contributed by atoms with Gasteiger partial charge in [0.2, 0.25) is 0 Å². The molecule has 1 aliphatic carbocycles. The van der Waals surface area contributed by atoms with Gasteiger partial charge >= 0.3 is 0 Å². The quantitative estimate of drug-likeness (QED) is 0.553. The second-order valence-corrected chi connectivity index (χ2v) is 8.44. The van der Waals surface area contributed by atoms with E-state index in [2.05, 4.69) is 13.8 Å². The average molecular weight is 332 g/mol. The van der Waals surface area contributed by atoms with Crippen molar-refractivity contribution in [3.05, 3.63) is 22.8 Å². The molecule has 0 heterocycles. The van der Waals surface area contributed by atoms with Crippen molar-refractivity contribution < 1.29 is 17.5 Å². The van der Waals surface area contributed by atoms with E-state index in [0.29, 0.717) is 6.42 Å². The maximum atomic E-state index is 11.7. The van der Waals surface area contributed by atoms with Gasteiger partial charge in [0.1, 0.15) is 0 Å². The van der Waals surface area contributed by atoms with Crippen molar-refractivity contribution in [1.29, 1.82) is 0 Å². The van der Waals surface area contributed by atoms with Crippen molar-refractivity contribution in [2.24, 2.45) is 5.41 Å². The minimum atomic E-state index is -2.21. The largest absolute Gasteiger partial charge is 0.772 e. The van der Waals surface area contributed by atoms with Crippen molar-refractivity contribution in [2.75, 3.05) is 5.75 Å². The van der Waals surface area contributed by atoms with E-state index in [1.54, 1.807) is 13.0 Å². The predicted molar refractivity (Wildman–Crippen MR) is 85.2 cm³/mol. The van der Waals surface area contributed by atoms with Crippen LogP contribution in [-0.4, -0.2) is 28.5 Å². The zero-order valence-electron chi connectivity index (χ0n) is 13.1. The Hall–Kier alpha value is -0.300. The molecular formula is C15H24O4S2-2. The Morgan fingerprint density at radius 1 is 1.38 bits per heavy atom. The number of allylic oxidation sites excluding steroid dienone is 2. The molecule has 1 rings (SSSR count). The first-order chi connectivity index (χ1) is 9.65. The van der Waals surface area contributed by atoms with Gasteiger partial charge < -0.3 is 9.11 Å². The van der Waals surface area contributed by atoms with Crippen LogP contribution < -0.4 is 0 Å². The maximum absolute atomic E-state index is 11.7. The minimum Gasteiger partial charge on any atom is -0.772 e. The Balaban J connectivity index is 3.04. The molecular weight excluding hydrogens is 308 g/mol. The van der Waals surface area contributed by atoms with Crippen molar-refractivity contribution in [1.82, 2.24) is 0 Å². The van der Waals surface area contributed by atoms with Crippen LogP contribution in [-0.2, 0) is 22.2 Å². The smallest absolute Gasteiger partial charge is 0.0469 e. The monoisotopic (exact) mass is 332 g/mol. The van der Waals surface area contributed by atoms with Crippen LogP contribution >= 0.6 is 0 Å². The lowest BCUT2D eigenvalue weighted by molar-refractivity contribution is 0.352. The molecule has 3 unspecified atom stereocenters. The van der Waals surface area contributed by atoms with Gasteiger partial charge in [-0.2, -0.15) is 0 Å². The highest BCUT2D eigenvalue weighted by molar-refractivity contribution is 7.80. The Morgan fingerprint density at radius 3 is 2.48 bits per heavy atom. The SMILES string of the molecule is CC1=C(C(C/C(C)=C/CS(=O)[O-])S(=O)[O-])C(C)(C)CCC1. The molecule has 0 aliphatic heterocycles. The first kappa shape index (κ1) is 18.7. The zero-order chi connectivity index (χ0) is 16.2. The van der Waals surface area contributed by atoms with Crippen molar-refractivity contribution in [3.63, 3.8) is 0 Å². The number of hydrogen-bond acceptors (Lipinski definition) is 4. The molecule has 0 amide bonds. The van der Waals surface area contributed by atoms with Gasteiger partial charge in [0.15, 0.2) is 0 Å². The molecule has 1 aliphatic rings. The Morgan fingerprint density at radius 2 is 2.00 bits per heavy atom. The molecule has 4 nitrogen and oxygen atoms in total. The van der Waals surface area contributed by atoms with Gasteiger partial charge in [-0.3, -0.25) is 8.42 Å². The number of hydrogen-bond donors (Lipinski definition) is 0. The fourth-order valence-electron chi connectivity index (χ4n) is 3.21. The Kier molecular flexibility index (Phi) is 6.97. The second kappa shape index (κ2) is 7.81. The van der Waals surface area contributed by atoms with E-state index in [0.717, 1.165) is 30.4 Å². The summed E-state index contributed by atoms with van der Waals surface area (Å²) in [6, 6.07) is 0. The standard InChI is InChI=1S/C15H26O4S2/c1-11(7-9-20(16)17)10-13(21(18)19)14-12(2)6-5-8-15(14,3)4/h7,13H,5-6,8-10H2,1-4H3,(H,16,17)(H,18,19)/p-2/b11-7+. The summed E-state index contributed by atoms with van der Waals surface area (Å²) >= 11 is -4.34. The molecule has 6 heteroatoms. The third-order valence-electron chi connectivity index (χ3n) is 4.17. The van der Waals surface area contributed by atoms with E-state index in [4.69, 9.17) is 0 Å². The lowest BCUT2D eigenvalue weighted by Crippen LogP contribution is -2.32. The lowest BCUT2D eigenvalue weighted by atomic mass is 9.71. The van der Waals surface area contributed by atoms with E-state index in [1.807, 2.05) is 6.92 Å². The van der Waals surface area contributed by atoms with Crippen LogP contribution in [0.5, 0.6) is 0 Å². The summed E-state index contributed by atoms with van der Waals surface area (Å²) in [6.07, 6.45) is 4.98. The molecule has 0 saturated carbocycles. The molecule has 0 saturated heterocycles. The fraction of sp³-hybridized carbons (Fsp3) is 0.733. The molecule has 0 radical (unpaired) electrons. The minimum absolute atomic E-state index is 0.0640. The molecule has 0 aromatic heterocycles. The summed E-state index contributed by atoms with van der Waals surface area (Å²) in [4.78, 5) is 0. The van der Waals surface area contributed by atoms with E-state index in [-0.39, 0.29) is 11.2 Å². The Bertz CT molecular complexity index is 492. The first-order valence-electron chi connectivity index (χ1n) is 7.15. The van der Waals surface area contributed by atoms with Crippen molar-refractivity contribution >= 4 is 22.2 Å². The molecule has 0 aromatic rings. The van der Waals surface area contributed by atoms with Crippen LogP contribution in [0.1, 0.15) is 53.4 Å².